The summed E-state index contributed by atoms with van der Waals surface area (Å²) >= 11 is 0. The highest BCUT2D eigenvalue weighted by Crippen LogP contribution is 2.32. The van der Waals surface area contributed by atoms with E-state index in [-0.39, 0.29) is 0 Å². The first-order chi connectivity index (χ1) is 13.3. The molecule has 1 fully saturated rings. The third-order valence-electron chi connectivity index (χ3n) is 4.72. The van der Waals surface area contributed by atoms with Gasteiger partial charge in [0.25, 0.3) is 5.88 Å². The normalized spacial score (nSPS) is 24.5. The van der Waals surface area contributed by atoms with Crippen molar-refractivity contribution < 1.29 is 28.8 Å². The molecule has 1 aliphatic rings. The molecule has 2 aromatic rings. The second-order valence-electron chi connectivity index (χ2n) is 6.85. The molecule has 0 saturated carbocycles. The fraction of sp³-hybridized carbons (Fsp3) is 0.474. The maximum Gasteiger partial charge on any atom is 0.353 e. The van der Waals surface area contributed by atoms with Gasteiger partial charge in [-0.3, -0.25) is 4.57 Å². The summed E-state index contributed by atoms with van der Waals surface area (Å²) in [5.74, 6) is -0.904. The van der Waals surface area contributed by atoms with Crippen LogP contribution in [0.25, 0.3) is 0 Å². The van der Waals surface area contributed by atoms with Crippen molar-refractivity contribution in [3.05, 3.63) is 51.3 Å². The Bertz CT molecular complexity index is 908. The Kier molecular flexibility index (Phi) is 5.80. The molecule has 152 valence electrons. The number of aryl methyl sites for hydroxylation is 3. The van der Waals surface area contributed by atoms with Crippen LogP contribution in [0.5, 0.6) is 11.6 Å². The Labute approximate surface area is 161 Å². The number of halogens is 1. The van der Waals surface area contributed by atoms with E-state index in [1.54, 1.807) is 0 Å². The maximum atomic E-state index is 14.7. The van der Waals surface area contributed by atoms with E-state index in [0.29, 0.717) is 5.75 Å². The highest BCUT2D eigenvalue weighted by Gasteiger charge is 2.45. The van der Waals surface area contributed by atoms with E-state index in [9.17, 15) is 19.4 Å². The molecule has 3 rings (SSSR count). The van der Waals surface area contributed by atoms with Crippen LogP contribution >= 0.6 is 0 Å². The Morgan fingerprint density at radius 2 is 1.93 bits per heavy atom. The molecule has 0 unspecified atom stereocenters. The molecule has 1 saturated heterocycles. The molecule has 0 amide bonds. The lowest BCUT2D eigenvalue weighted by atomic mass is 10.1. The number of ether oxygens (including phenoxy) is 3. The Morgan fingerprint density at radius 1 is 1.29 bits per heavy atom. The molecule has 2 heterocycles. The van der Waals surface area contributed by atoms with Gasteiger partial charge in [-0.25, -0.2) is 4.79 Å². The van der Waals surface area contributed by atoms with Gasteiger partial charge in [-0.05, 0) is 31.9 Å². The third-order valence-corrected chi connectivity index (χ3v) is 4.72. The lowest BCUT2D eigenvalue weighted by molar-refractivity contribution is -0.0630. The van der Waals surface area contributed by atoms with Crippen molar-refractivity contribution in [3.8, 4) is 11.6 Å². The molecule has 0 radical (unpaired) electrons. The van der Waals surface area contributed by atoms with Gasteiger partial charge in [0.05, 0.1) is 12.8 Å². The van der Waals surface area contributed by atoms with E-state index < -0.39 is 48.5 Å². The number of aliphatic hydroxyl groups is 2. The van der Waals surface area contributed by atoms with Crippen molar-refractivity contribution in [1.82, 2.24) is 9.55 Å². The largest absolute Gasteiger partial charge is 0.436 e. The lowest BCUT2D eigenvalue weighted by Gasteiger charge is -2.20. The van der Waals surface area contributed by atoms with Gasteiger partial charge < -0.3 is 24.4 Å². The molecule has 0 bridgehead atoms. The van der Waals surface area contributed by atoms with Crippen LogP contribution in [0.1, 0.15) is 22.9 Å². The van der Waals surface area contributed by atoms with Crippen molar-refractivity contribution in [2.45, 2.75) is 45.3 Å². The molecule has 9 heteroatoms. The average molecular weight is 394 g/mol. The molecule has 4 atom stereocenters. The average Bonchev–Trinajstić information content (AvgIpc) is 2.95. The number of nitrogens with zero attached hydrogens (tertiary/aromatic N) is 2. The fourth-order valence-electron chi connectivity index (χ4n) is 3.46. The highest BCUT2D eigenvalue weighted by atomic mass is 19.1. The molecule has 1 aliphatic heterocycles. The quantitative estimate of drug-likeness (QED) is 0.789. The summed E-state index contributed by atoms with van der Waals surface area (Å²) in [5, 5.41) is 19.4. The highest BCUT2D eigenvalue weighted by molar-refractivity contribution is 5.44. The summed E-state index contributed by atoms with van der Waals surface area (Å²) in [6.07, 6.45) is -3.34. The number of benzene rings is 1. The summed E-state index contributed by atoms with van der Waals surface area (Å²) in [6.45, 7) is 5.10. The minimum atomic E-state index is -1.18. The van der Waals surface area contributed by atoms with Crippen molar-refractivity contribution in [2.75, 3.05) is 13.7 Å². The number of hydrogen-bond acceptors (Lipinski definition) is 7. The number of rotatable bonds is 5. The summed E-state index contributed by atoms with van der Waals surface area (Å²) < 4.78 is 31.7. The monoisotopic (exact) mass is 394 g/mol. The smallest absolute Gasteiger partial charge is 0.353 e. The zero-order chi connectivity index (χ0) is 20.6. The van der Waals surface area contributed by atoms with Crippen molar-refractivity contribution in [2.24, 2.45) is 0 Å². The first kappa shape index (κ1) is 20.4. The minimum Gasteiger partial charge on any atom is -0.436 e. The molecular weight excluding hydrogens is 371 g/mol. The van der Waals surface area contributed by atoms with E-state index in [1.165, 1.54) is 7.11 Å². The van der Waals surface area contributed by atoms with Crippen LogP contribution in [-0.2, 0) is 9.47 Å². The number of methoxy groups -OCH3 is 1. The molecule has 1 aromatic carbocycles. The maximum absolute atomic E-state index is 14.7. The van der Waals surface area contributed by atoms with E-state index >= 15 is 0 Å². The van der Waals surface area contributed by atoms with Gasteiger partial charge in [0, 0.05) is 7.11 Å². The molecule has 1 aromatic heterocycles. The van der Waals surface area contributed by atoms with Gasteiger partial charge in [-0.2, -0.15) is 9.37 Å². The van der Waals surface area contributed by atoms with Gasteiger partial charge in [0.2, 0.25) is 5.82 Å². The number of hydrogen-bond donors (Lipinski definition) is 2. The van der Waals surface area contributed by atoms with E-state index in [1.807, 2.05) is 32.9 Å². The minimum absolute atomic E-state index is 0.428. The van der Waals surface area contributed by atoms with Gasteiger partial charge in [-0.15, -0.1) is 0 Å². The van der Waals surface area contributed by atoms with Crippen LogP contribution in [0.3, 0.4) is 0 Å². The molecule has 28 heavy (non-hydrogen) atoms. The Morgan fingerprint density at radius 3 is 2.50 bits per heavy atom. The van der Waals surface area contributed by atoms with Gasteiger partial charge >= 0.3 is 5.69 Å². The van der Waals surface area contributed by atoms with Gasteiger partial charge in [0.1, 0.15) is 24.1 Å². The van der Waals surface area contributed by atoms with E-state index in [0.717, 1.165) is 27.5 Å². The topological polar surface area (TPSA) is 103 Å². The van der Waals surface area contributed by atoms with Crippen LogP contribution in [-0.4, -0.2) is 51.8 Å². The number of aliphatic hydroxyl groups excluding tert-OH is 2. The standard InChI is InChI=1S/C19H23FN2O6/c1-9-5-10(2)15(11(3)6-9)28-17-12(20)7-22(19(25)21-17)18-16(26-4)14(24)13(8-23)27-18/h5-7,13-14,16,18,23-24H,8H2,1-4H3/t13-,14-,16-,18-/m1/s1. The molecule has 0 aliphatic carbocycles. The SMILES string of the molecule is CO[C@@H]1[C@H](O)[C@@H](CO)O[C@H]1n1cc(F)c(Oc2c(C)cc(C)cc2C)nc1=O. The van der Waals surface area contributed by atoms with Crippen LogP contribution in [0, 0.1) is 26.6 Å². The molecule has 0 spiro atoms. The predicted octanol–water partition coefficient (Wildman–Crippen LogP) is 1.37. The summed E-state index contributed by atoms with van der Waals surface area (Å²) in [4.78, 5) is 16.2. The fourth-order valence-corrected chi connectivity index (χ4v) is 3.46. The van der Waals surface area contributed by atoms with Crippen LogP contribution in [0.4, 0.5) is 4.39 Å². The first-order valence-corrected chi connectivity index (χ1v) is 8.78. The van der Waals surface area contributed by atoms with E-state index in [4.69, 9.17) is 14.2 Å². The third kappa shape index (κ3) is 3.66. The van der Waals surface area contributed by atoms with Gasteiger partial charge in [-0.1, -0.05) is 17.7 Å². The molecule has 8 nitrogen and oxygen atoms in total. The Balaban J connectivity index is 1.95. The lowest BCUT2D eigenvalue weighted by Crippen LogP contribution is -2.37. The molecule has 2 N–H and O–H groups in total. The van der Waals surface area contributed by atoms with Crippen LogP contribution < -0.4 is 10.4 Å². The predicted molar refractivity (Wildman–Crippen MR) is 97.0 cm³/mol. The van der Waals surface area contributed by atoms with Crippen LogP contribution in [0.15, 0.2) is 23.1 Å². The van der Waals surface area contributed by atoms with Crippen molar-refractivity contribution in [1.29, 1.82) is 0 Å². The van der Waals surface area contributed by atoms with Crippen LogP contribution in [0.2, 0.25) is 0 Å². The summed E-state index contributed by atoms with van der Waals surface area (Å²) in [7, 11) is 1.32. The molecular formula is C19H23FN2O6. The summed E-state index contributed by atoms with van der Waals surface area (Å²) in [5.41, 5.74) is 1.77. The van der Waals surface area contributed by atoms with Crippen molar-refractivity contribution >= 4 is 0 Å². The summed E-state index contributed by atoms with van der Waals surface area (Å²) in [6, 6.07) is 3.76. The van der Waals surface area contributed by atoms with E-state index in [2.05, 4.69) is 4.98 Å². The zero-order valence-corrected chi connectivity index (χ0v) is 16.0. The number of aromatic nitrogens is 2. The second kappa shape index (κ2) is 7.96. The first-order valence-electron chi connectivity index (χ1n) is 8.78. The van der Waals surface area contributed by atoms with Crippen molar-refractivity contribution in [3.63, 3.8) is 0 Å². The Hall–Kier alpha value is -2.33. The second-order valence-corrected chi connectivity index (χ2v) is 6.85. The zero-order valence-electron chi connectivity index (χ0n) is 16.0. The van der Waals surface area contributed by atoms with Gasteiger partial charge in [0.15, 0.2) is 6.23 Å².